The molecule has 0 heterocycles. The fourth-order valence-electron chi connectivity index (χ4n) is 0.380. The molecular weight excluding hydrogens is 180 g/mol. The van der Waals surface area contributed by atoms with Crippen molar-refractivity contribution in [2.45, 2.75) is 18.9 Å². The Bertz CT molecular complexity index is 74.7. The molecule has 0 aromatic rings. The molecule has 0 fully saturated rings. The van der Waals surface area contributed by atoms with Gasteiger partial charge in [-0.05, 0) is 18.4 Å². The second-order valence-electron chi connectivity index (χ2n) is 1.78. The van der Waals surface area contributed by atoms with Gasteiger partial charge in [-0.2, -0.15) is 11.8 Å². The van der Waals surface area contributed by atoms with Gasteiger partial charge < -0.3 is 5.73 Å². The maximum Gasteiger partial charge on any atom is 0.253 e. The minimum absolute atomic E-state index is 0. The molecule has 1 nitrogen and oxygen atoms in total. The first kappa shape index (κ1) is 13.1. The number of nitrogens with two attached hydrogens (primary N) is 1. The molecule has 0 amide bonds. The molecule has 0 saturated heterocycles. The van der Waals surface area contributed by atoms with Crippen LogP contribution in [0.25, 0.3) is 0 Å². The fourth-order valence-corrected chi connectivity index (χ4v) is 0.888. The van der Waals surface area contributed by atoms with Crippen molar-refractivity contribution >= 4 is 24.2 Å². The number of alkyl halides is 2. The molecule has 0 aromatic carbocycles. The zero-order chi connectivity index (χ0) is 7.28. The van der Waals surface area contributed by atoms with Crippen LogP contribution in [0.4, 0.5) is 8.78 Å². The van der Waals surface area contributed by atoms with Crippen LogP contribution in [0, 0.1) is 0 Å². The van der Waals surface area contributed by atoms with E-state index in [0.717, 1.165) is 0 Å². The highest BCUT2D eigenvalue weighted by molar-refractivity contribution is 7.98. The van der Waals surface area contributed by atoms with Gasteiger partial charge in [0.1, 0.15) is 0 Å². The van der Waals surface area contributed by atoms with Gasteiger partial charge in [0.25, 0.3) is 6.43 Å². The lowest BCUT2D eigenvalue weighted by molar-refractivity contribution is 0.115. The molecule has 1 atom stereocenters. The SMILES string of the molecule is CSCCC(N)C(F)F.Cl. The highest BCUT2D eigenvalue weighted by Gasteiger charge is 2.13. The highest BCUT2D eigenvalue weighted by atomic mass is 35.5. The number of hydrogen-bond donors (Lipinski definition) is 1. The molecule has 0 saturated carbocycles. The number of halogens is 3. The first-order chi connectivity index (χ1) is 4.18. The van der Waals surface area contributed by atoms with Crippen LogP contribution in [-0.2, 0) is 0 Å². The van der Waals surface area contributed by atoms with Gasteiger partial charge >= 0.3 is 0 Å². The Kier molecular flexibility index (Phi) is 9.90. The maximum atomic E-state index is 11.6. The molecule has 2 N–H and O–H groups in total. The molecule has 0 rings (SSSR count). The van der Waals surface area contributed by atoms with Gasteiger partial charge in [0.2, 0.25) is 0 Å². The topological polar surface area (TPSA) is 26.0 Å². The van der Waals surface area contributed by atoms with E-state index >= 15 is 0 Å². The van der Waals surface area contributed by atoms with E-state index in [1.54, 1.807) is 0 Å². The van der Waals surface area contributed by atoms with E-state index in [1.165, 1.54) is 11.8 Å². The van der Waals surface area contributed by atoms with E-state index in [4.69, 9.17) is 5.73 Å². The molecule has 0 aliphatic carbocycles. The largest absolute Gasteiger partial charge is 0.323 e. The molecule has 0 bridgehead atoms. The standard InChI is InChI=1S/C5H11F2NS.ClH/c1-9-3-2-4(8)5(6)7;/h4-5H,2-3,8H2,1H3;1H. The summed E-state index contributed by atoms with van der Waals surface area (Å²) in [6, 6.07) is -0.933. The van der Waals surface area contributed by atoms with E-state index in [9.17, 15) is 8.78 Å². The summed E-state index contributed by atoms with van der Waals surface area (Å²) in [5, 5.41) is 0. The van der Waals surface area contributed by atoms with E-state index in [1.807, 2.05) is 6.26 Å². The number of thioether (sulfide) groups is 1. The first-order valence-corrected chi connectivity index (χ1v) is 4.10. The van der Waals surface area contributed by atoms with E-state index < -0.39 is 12.5 Å². The predicted octanol–water partition coefficient (Wildman–Crippen LogP) is 1.75. The molecule has 1 unspecified atom stereocenters. The summed E-state index contributed by atoms with van der Waals surface area (Å²) in [4.78, 5) is 0. The predicted molar refractivity (Wildman–Crippen MR) is 44.2 cm³/mol. The van der Waals surface area contributed by atoms with Gasteiger partial charge in [-0.25, -0.2) is 8.78 Å². The quantitative estimate of drug-likeness (QED) is 0.733. The molecule has 0 radical (unpaired) electrons. The van der Waals surface area contributed by atoms with Gasteiger partial charge in [0, 0.05) is 0 Å². The van der Waals surface area contributed by atoms with Crippen molar-refractivity contribution in [3.05, 3.63) is 0 Å². The summed E-state index contributed by atoms with van der Waals surface area (Å²) < 4.78 is 23.2. The third-order valence-corrected chi connectivity index (χ3v) is 1.62. The van der Waals surface area contributed by atoms with Gasteiger partial charge in [-0.3, -0.25) is 0 Å². The molecule has 0 aliphatic rings. The first-order valence-electron chi connectivity index (χ1n) is 2.71. The van der Waals surface area contributed by atoms with Crippen LogP contribution in [0.1, 0.15) is 6.42 Å². The lowest BCUT2D eigenvalue weighted by Gasteiger charge is -2.07. The van der Waals surface area contributed by atoms with E-state index in [0.29, 0.717) is 12.2 Å². The molecule has 64 valence electrons. The van der Waals surface area contributed by atoms with Crippen LogP contribution in [0.2, 0.25) is 0 Å². The second kappa shape index (κ2) is 7.57. The molecule has 0 spiro atoms. The Morgan fingerprint density at radius 1 is 1.50 bits per heavy atom. The Balaban J connectivity index is 0. The van der Waals surface area contributed by atoms with Crippen LogP contribution in [-0.4, -0.2) is 24.5 Å². The summed E-state index contributed by atoms with van der Waals surface area (Å²) in [5.41, 5.74) is 5.04. The van der Waals surface area contributed by atoms with Crippen LogP contribution >= 0.6 is 24.2 Å². The summed E-state index contributed by atoms with van der Waals surface area (Å²) in [6.45, 7) is 0. The lowest BCUT2D eigenvalue weighted by atomic mass is 10.2. The Hall–Kier alpha value is 0.460. The summed E-state index contributed by atoms with van der Waals surface area (Å²) in [6.07, 6.45) is -0.0889. The minimum Gasteiger partial charge on any atom is -0.323 e. The zero-order valence-electron chi connectivity index (χ0n) is 5.72. The molecule has 0 aromatic heterocycles. The maximum absolute atomic E-state index is 11.6. The average molecular weight is 192 g/mol. The van der Waals surface area contributed by atoms with Crippen molar-refractivity contribution in [3.8, 4) is 0 Å². The van der Waals surface area contributed by atoms with E-state index in [-0.39, 0.29) is 12.4 Å². The Morgan fingerprint density at radius 2 is 2.00 bits per heavy atom. The van der Waals surface area contributed by atoms with Gasteiger partial charge in [-0.1, -0.05) is 0 Å². The third kappa shape index (κ3) is 6.58. The monoisotopic (exact) mass is 191 g/mol. The van der Waals surface area contributed by atoms with Crippen LogP contribution < -0.4 is 5.73 Å². The van der Waals surface area contributed by atoms with Crippen molar-refractivity contribution < 1.29 is 8.78 Å². The van der Waals surface area contributed by atoms with Crippen molar-refractivity contribution in [2.75, 3.05) is 12.0 Å². The summed E-state index contributed by atoms with van der Waals surface area (Å²) >= 11 is 1.53. The van der Waals surface area contributed by atoms with Crippen molar-refractivity contribution in [1.29, 1.82) is 0 Å². The molecule has 5 heteroatoms. The summed E-state index contributed by atoms with van der Waals surface area (Å²) in [5.74, 6) is 0.714. The van der Waals surface area contributed by atoms with Crippen LogP contribution in [0.5, 0.6) is 0 Å². The molecule has 10 heavy (non-hydrogen) atoms. The minimum atomic E-state index is -2.36. The smallest absolute Gasteiger partial charge is 0.253 e. The fraction of sp³-hybridized carbons (Fsp3) is 1.00. The van der Waals surface area contributed by atoms with Gasteiger partial charge in [0.05, 0.1) is 6.04 Å². The van der Waals surface area contributed by atoms with Crippen molar-refractivity contribution in [2.24, 2.45) is 5.73 Å². The summed E-state index contributed by atoms with van der Waals surface area (Å²) in [7, 11) is 0. The zero-order valence-corrected chi connectivity index (χ0v) is 7.35. The van der Waals surface area contributed by atoms with Crippen molar-refractivity contribution in [3.63, 3.8) is 0 Å². The molecular formula is C5H12ClF2NS. The second-order valence-corrected chi connectivity index (χ2v) is 2.77. The van der Waals surface area contributed by atoms with E-state index in [2.05, 4.69) is 0 Å². The van der Waals surface area contributed by atoms with Crippen LogP contribution in [0.15, 0.2) is 0 Å². The van der Waals surface area contributed by atoms with Crippen molar-refractivity contribution in [1.82, 2.24) is 0 Å². The van der Waals surface area contributed by atoms with Gasteiger partial charge in [-0.15, -0.1) is 12.4 Å². The number of hydrogen-bond acceptors (Lipinski definition) is 2. The average Bonchev–Trinajstić information content (AvgIpc) is 1.82. The number of rotatable bonds is 4. The highest BCUT2D eigenvalue weighted by Crippen LogP contribution is 2.05. The lowest BCUT2D eigenvalue weighted by Crippen LogP contribution is -2.28. The Morgan fingerprint density at radius 3 is 2.30 bits per heavy atom. The third-order valence-electron chi connectivity index (χ3n) is 0.979. The normalized spacial score (nSPS) is 12.9. The molecule has 0 aliphatic heterocycles. The Labute approximate surface area is 70.1 Å². The van der Waals surface area contributed by atoms with Gasteiger partial charge in [0.15, 0.2) is 0 Å². The van der Waals surface area contributed by atoms with Crippen LogP contribution in [0.3, 0.4) is 0 Å².